The maximum Gasteiger partial charge on any atom is 0.134 e. The van der Waals surface area contributed by atoms with Crippen molar-refractivity contribution in [3.05, 3.63) is 36.1 Å². The van der Waals surface area contributed by atoms with E-state index in [4.69, 9.17) is 4.42 Å². The molecule has 18 heavy (non-hydrogen) atoms. The number of nitrogens with one attached hydrogen (secondary N) is 1. The predicted molar refractivity (Wildman–Crippen MR) is 75.3 cm³/mol. The summed E-state index contributed by atoms with van der Waals surface area (Å²) in [5.41, 5.74) is 2.15. The van der Waals surface area contributed by atoms with Gasteiger partial charge in [-0.1, -0.05) is 25.1 Å². The van der Waals surface area contributed by atoms with Crippen LogP contribution in [0, 0.1) is 11.8 Å². The van der Waals surface area contributed by atoms with Gasteiger partial charge in [0.25, 0.3) is 0 Å². The molecule has 1 atom stereocenters. The zero-order chi connectivity index (χ0) is 12.8. The lowest BCUT2D eigenvalue weighted by Crippen LogP contribution is -2.21. The number of benzene rings is 1. The molecule has 0 aliphatic heterocycles. The molecule has 1 heterocycles. The Kier molecular flexibility index (Phi) is 4.44. The highest BCUT2D eigenvalue weighted by molar-refractivity contribution is 5.81. The summed E-state index contributed by atoms with van der Waals surface area (Å²) >= 11 is 0. The van der Waals surface area contributed by atoms with Crippen molar-refractivity contribution in [2.24, 2.45) is 0 Å². The second-order valence-corrected chi connectivity index (χ2v) is 4.32. The van der Waals surface area contributed by atoms with Crippen LogP contribution < -0.4 is 5.32 Å². The van der Waals surface area contributed by atoms with Crippen molar-refractivity contribution >= 4 is 11.0 Å². The lowest BCUT2D eigenvalue weighted by Gasteiger charge is -2.14. The highest BCUT2D eigenvalue weighted by Crippen LogP contribution is 2.27. The quantitative estimate of drug-likeness (QED) is 0.803. The van der Waals surface area contributed by atoms with Gasteiger partial charge >= 0.3 is 0 Å². The number of rotatable bonds is 5. The minimum absolute atomic E-state index is 0.251. The first-order valence-electron chi connectivity index (χ1n) is 6.46. The highest BCUT2D eigenvalue weighted by Gasteiger charge is 2.15. The molecule has 0 aliphatic carbocycles. The van der Waals surface area contributed by atoms with Crippen LogP contribution in [0.5, 0.6) is 0 Å². The second-order valence-electron chi connectivity index (χ2n) is 4.32. The summed E-state index contributed by atoms with van der Waals surface area (Å²) in [7, 11) is 0. The molecule has 0 saturated heterocycles. The fourth-order valence-electron chi connectivity index (χ4n) is 2.08. The van der Waals surface area contributed by atoms with Gasteiger partial charge in [-0.05, 0) is 26.0 Å². The van der Waals surface area contributed by atoms with Crippen LogP contribution in [0.25, 0.3) is 11.0 Å². The molecular weight excluding hydrogens is 222 g/mol. The minimum atomic E-state index is 0.251. The fourth-order valence-corrected chi connectivity index (χ4v) is 2.08. The molecular formula is C16H19NO. The Labute approximate surface area is 108 Å². The zero-order valence-electron chi connectivity index (χ0n) is 11.0. The van der Waals surface area contributed by atoms with E-state index in [0.29, 0.717) is 0 Å². The molecule has 2 nitrogen and oxygen atoms in total. The van der Waals surface area contributed by atoms with Crippen molar-refractivity contribution in [2.75, 3.05) is 6.54 Å². The molecule has 2 rings (SSSR count). The maximum absolute atomic E-state index is 5.60. The van der Waals surface area contributed by atoms with Crippen molar-refractivity contribution in [3.63, 3.8) is 0 Å². The van der Waals surface area contributed by atoms with Crippen LogP contribution >= 0.6 is 0 Å². The fraction of sp³-hybridized carbons (Fsp3) is 0.375. The van der Waals surface area contributed by atoms with E-state index < -0.39 is 0 Å². The molecule has 0 spiro atoms. The molecule has 1 aromatic heterocycles. The van der Waals surface area contributed by atoms with Gasteiger partial charge in [0.15, 0.2) is 0 Å². The summed E-state index contributed by atoms with van der Waals surface area (Å²) in [4.78, 5) is 0. The third-order valence-electron chi connectivity index (χ3n) is 3.01. The highest BCUT2D eigenvalue weighted by atomic mass is 16.3. The number of hydrogen-bond acceptors (Lipinski definition) is 2. The molecule has 1 N–H and O–H groups in total. The molecule has 2 aromatic rings. The third kappa shape index (κ3) is 2.75. The van der Waals surface area contributed by atoms with Crippen LogP contribution in [0.2, 0.25) is 0 Å². The molecule has 0 radical (unpaired) electrons. The molecule has 1 aromatic carbocycles. The zero-order valence-corrected chi connectivity index (χ0v) is 11.0. The van der Waals surface area contributed by atoms with Gasteiger partial charge in [0, 0.05) is 23.4 Å². The molecule has 1 unspecified atom stereocenters. The van der Waals surface area contributed by atoms with E-state index in [9.17, 15) is 0 Å². The molecule has 0 aliphatic rings. The lowest BCUT2D eigenvalue weighted by atomic mass is 10.0. The van der Waals surface area contributed by atoms with Gasteiger partial charge in [0.1, 0.15) is 5.58 Å². The first-order valence-corrected chi connectivity index (χ1v) is 6.46. The van der Waals surface area contributed by atoms with E-state index in [0.717, 1.165) is 25.0 Å². The van der Waals surface area contributed by atoms with Crippen LogP contribution in [-0.2, 0) is 0 Å². The SMILES string of the molecule is CC#CCC(NCCC)c1coc2ccccc12. The van der Waals surface area contributed by atoms with Crippen molar-refractivity contribution in [2.45, 2.75) is 32.7 Å². The second kappa shape index (κ2) is 6.28. The summed E-state index contributed by atoms with van der Waals surface area (Å²) in [5, 5.41) is 4.72. The standard InChI is InChI=1S/C16H19NO/c1-3-5-9-15(17-11-4-2)14-12-18-16-10-7-6-8-13(14)16/h6-8,10,12,15,17H,4,9,11H2,1-2H3. The van der Waals surface area contributed by atoms with Crippen molar-refractivity contribution < 1.29 is 4.42 Å². The largest absolute Gasteiger partial charge is 0.464 e. The summed E-state index contributed by atoms with van der Waals surface area (Å²) in [6, 6.07) is 8.40. The van der Waals surface area contributed by atoms with E-state index in [1.54, 1.807) is 0 Å². The Morgan fingerprint density at radius 2 is 2.17 bits per heavy atom. The summed E-state index contributed by atoms with van der Waals surface area (Å²) < 4.78 is 5.60. The smallest absolute Gasteiger partial charge is 0.134 e. The van der Waals surface area contributed by atoms with Gasteiger partial charge in [-0.3, -0.25) is 0 Å². The Morgan fingerprint density at radius 1 is 1.33 bits per heavy atom. The van der Waals surface area contributed by atoms with E-state index in [1.807, 2.05) is 31.4 Å². The predicted octanol–water partition coefficient (Wildman–Crippen LogP) is 3.89. The van der Waals surface area contributed by atoms with Crippen molar-refractivity contribution in [1.29, 1.82) is 0 Å². The molecule has 2 heteroatoms. The number of hydrogen-bond donors (Lipinski definition) is 1. The van der Waals surface area contributed by atoms with Gasteiger partial charge in [-0.2, -0.15) is 0 Å². The Morgan fingerprint density at radius 3 is 2.94 bits per heavy atom. The number of para-hydroxylation sites is 1. The normalized spacial score (nSPS) is 12.1. The summed E-state index contributed by atoms with van der Waals surface area (Å²) in [5.74, 6) is 6.12. The van der Waals surface area contributed by atoms with Gasteiger partial charge in [0.05, 0.1) is 6.26 Å². The first-order chi connectivity index (χ1) is 8.86. The summed E-state index contributed by atoms with van der Waals surface area (Å²) in [6.07, 6.45) is 3.79. The average Bonchev–Trinajstić information content (AvgIpc) is 2.83. The minimum Gasteiger partial charge on any atom is -0.464 e. The van der Waals surface area contributed by atoms with Crippen LogP contribution in [-0.4, -0.2) is 6.54 Å². The Bertz CT molecular complexity index is 559. The van der Waals surface area contributed by atoms with Gasteiger partial charge in [0.2, 0.25) is 0 Å². The first kappa shape index (κ1) is 12.7. The number of fused-ring (bicyclic) bond motifs is 1. The molecule has 94 valence electrons. The van der Waals surface area contributed by atoms with Crippen LogP contribution in [0.1, 0.15) is 38.3 Å². The molecule has 0 amide bonds. The number of furan rings is 1. The molecule has 0 fully saturated rings. The molecule has 0 saturated carbocycles. The van der Waals surface area contributed by atoms with Crippen molar-refractivity contribution in [3.8, 4) is 11.8 Å². The Hall–Kier alpha value is -1.72. The Balaban J connectivity index is 2.30. The monoisotopic (exact) mass is 241 g/mol. The summed E-state index contributed by atoms with van der Waals surface area (Å²) in [6.45, 7) is 5.04. The van der Waals surface area contributed by atoms with Crippen LogP contribution in [0.4, 0.5) is 0 Å². The average molecular weight is 241 g/mol. The van der Waals surface area contributed by atoms with E-state index >= 15 is 0 Å². The van der Waals surface area contributed by atoms with Gasteiger partial charge < -0.3 is 9.73 Å². The molecule has 0 bridgehead atoms. The van der Waals surface area contributed by atoms with Crippen LogP contribution in [0.3, 0.4) is 0 Å². The van der Waals surface area contributed by atoms with Crippen LogP contribution in [0.15, 0.2) is 34.9 Å². The van der Waals surface area contributed by atoms with Gasteiger partial charge in [-0.15, -0.1) is 11.8 Å². The third-order valence-corrected chi connectivity index (χ3v) is 3.01. The van der Waals surface area contributed by atoms with E-state index in [1.165, 1.54) is 10.9 Å². The maximum atomic E-state index is 5.60. The van der Waals surface area contributed by atoms with E-state index in [-0.39, 0.29) is 6.04 Å². The topological polar surface area (TPSA) is 25.2 Å². The van der Waals surface area contributed by atoms with Crippen molar-refractivity contribution in [1.82, 2.24) is 5.32 Å². The lowest BCUT2D eigenvalue weighted by molar-refractivity contribution is 0.530. The van der Waals surface area contributed by atoms with E-state index in [2.05, 4.69) is 30.1 Å². The van der Waals surface area contributed by atoms with Gasteiger partial charge in [-0.25, -0.2) is 0 Å².